The standard InChI is InChI=1S/C16H21N3O/c1-3-16(2,17)15-18-14(19-20-15)13-9-8-11-6-4-5-7-12(11)10-13/h4-7,13H,3,8-10,17H2,1-2H3. The summed E-state index contributed by atoms with van der Waals surface area (Å²) in [5.74, 6) is 1.70. The Morgan fingerprint density at radius 1 is 1.35 bits per heavy atom. The van der Waals surface area contributed by atoms with Crippen molar-refractivity contribution in [1.82, 2.24) is 10.1 Å². The summed E-state index contributed by atoms with van der Waals surface area (Å²) in [4.78, 5) is 4.55. The topological polar surface area (TPSA) is 64.9 Å². The van der Waals surface area contributed by atoms with Crippen molar-refractivity contribution in [3.63, 3.8) is 0 Å². The lowest BCUT2D eigenvalue weighted by Crippen LogP contribution is -2.32. The first-order valence-corrected chi connectivity index (χ1v) is 7.30. The van der Waals surface area contributed by atoms with E-state index in [-0.39, 0.29) is 0 Å². The summed E-state index contributed by atoms with van der Waals surface area (Å²) in [5, 5.41) is 4.16. The van der Waals surface area contributed by atoms with Crippen LogP contribution in [0.4, 0.5) is 0 Å². The van der Waals surface area contributed by atoms with E-state index in [0.29, 0.717) is 11.8 Å². The average molecular weight is 271 g/mol. The van der Waals surface area contributed by atoms with E-state index in [2.05, 4.69) is 34.4 Å². The number of aromatic nitrogens is 2. The maximum Gasteiger partial charge on any atom is 0.246 e. The van der Waals surface area contributed by atoms with Crippen molar-refractivity contribution in [2.45, 2.75) is 51.0 Å². The van der Waals surface area contributed by atoms with Crippen LogP contribution in [0, 0.1) is 0 Å². The first-order valence-electron chi connectivity index (χ1n) is 7.30. The Balaban J connectivity index is 1.82. The van der Waals surface area contributed by atoms with E-state index in [0.717, 1.165) is 31.5 Å². The lowest BCUT2D eigenvalue weighted by molar-refractivity contribution is 0.288. The molecule has 2 unspecified atom stereocenters. The molecule has 0 saturated carbocycles. The zero-order valence-electron chi connectivity index (χ0n) is 12.1. The Morgan fingerprint density at radius 3 is 2.85 bits per heavy atom. The fourth-order valence-electron chi connectivity index (χ4n) is 2.70. The van der Waals surface area contributed by atoms with Gasteiger partial charge in [0.2, 0.25) is 5.89 Å². The highest BCUT2D eigenvalue weighted by Crippen LogP contribution is 2.32. The van der Waals surface area contributed by atoms with Gasteiger partial charge in [0.05, 0.1) is 5.54 Å². The van der Waals surface area contributed by atoms with Gasteiger partial charge in [-0.25, -0.2) is 0 Å². The largest absolute Gasteiger partial charge is 0.337 e. The van der Waals surface area contributed by atoms with Crippen LogP contribution < -0.4 is 5.73 Å². The molecular weight excluding hydrogens is 250 g/mol. The van der Waals surface area contributed by atoms with Crippen LogP contribution in [0.25, 0.3) is 0 Å². The van der Waals surface area contributed by atoms with Crippen molar-refractivity contribution < 1.29 is 4.52 Å². The van der Waals surface area contributed by atoms with E-state index < -0.39 is 5.54 Å². The molecule has 0 fully saturated rings. The maximum absolute atomic E-state index is 6.16. The van der Waals surface area contributed by atoms with Crippen LogP contribution in [0.5, 0.6) is 0 Å². The van der Waals surface area contributed by atoms with Gasteiger partial charge in [0, 0.05) is 5.92 Å². The highest BCUT2D eigenvalue weighted by atomic mass is 16.5. The summed E-state index contributed by atoms with van der Waals surface area (Å²) >= 11 is 0. The molecule has 0 saturated heterocycles. The predicted octanol–water partition coefficient (Wildman–Crippen LogP) is 2.93. The molecule has 1 aliphatic carbocycles. The van der Waals surface area contributed by atoms with Crippen LogP contribution in [0.3, 0.4) is 0 Å². The molecule has 4 nitrogen and oxygen atoms in total. The predicted molar refractivity (Wildman–Crippen MR) is 77.3 cm³/mol. The summed E-state index contributed by atoms with van der Waals surface area (Å²) in [5.41, 5.74) is 8.48. The number of fused-ring (bicyclic) bond motifs is 1. The first-order chi connectivity index (χ1) is 9.60. The van der Waals surface area contributed by atoms with E-state index in [1.165, 1.54) is 11.1 Å². The van der Waals surface area contributed by atoms with Crippen LogP contribution in [-0.2, 0) is 18.4 Å². The van der Waals surface area contributed by atoms with Crippen LogP contribution in [0.1, 0.15) is 55.4 Å². The Hall–Kier alpha value is -1.68. The highest BCUT2D eigenvalue weighted by Gasteiger charge is 2.29. The Bertz CT molecular complexity index is 603. The zero-order chi connectivity index (χ0) is 14.2. The normalized spacial score (nSPS) is 21.2. The molecule has 20 heavy (non-hydrogen) atoms. The highest BCUT2D eigenvalue weighted by molar-refractivity contribution is 5.31. The van der Waals surface area contributed by atoms with Crippen molar-refractivity contribution in [3.8, 4) is 0 Å². The van der Waals surface area contributed by atoms with Gasteiger partial charge in [0.25, 0.3) is 0 Å². The van der Waals surface area contributed by atoms with Crippen molar-refractivity contribution in [1.29, 1.82) is 0 Å². The molecule has 0 bridgehead atoms. The minimum absolute atomic E-state index is 0.343. The van der Waals surface area contributed by atoms with Crippen molar-refractivity contribution in [2.75, 3.05) is 0 Å². The quantitative estimate of drug-likeness (QED) is 0.932. The number of hydrogen-bond acceptors (Lipinski definition) is 4. The number of rotatable bonds is 3. The van der Waals surface area contributed by atoms with Gasteiger partial charge in [-0.15, -0.1) is 0 Å². The van der Waals surface area contributed by atoms with Crippen molar-refractivity contribution in [3.05, 3.63) is 47.1 Å². The average Bonchev–Trinajstić information content (AvgIpc) is 2.97. The molecule has 1 aliphatic rings. The van der Waals surface area contributed by atoms with Gasteiger partial charge in [0.1, 0.15) is 0 Å². The molecule has 1 aromatic carbocycles. The molecule has 0 spiro atoms. The van der Waals surface area contributed by atoms with Crippen LogP contribution >= 0.6 is 0 Å². The zero-order valence-corrected chi connectivity index (χ0v) is 12.1. The lowest BCUT2D eigenvalue weighted by Gasteiger charge is -2.22. The molecular formula is C16H21N3O. The number of hydrogen-bond donors (Lipinski definition) is 1. The Kier molecular flexibility index (Phi) is 3.34. The third-order valence-corrected chi connectivity index (χ3v) is 4.38. The van der Waals surface area contributed by atoms with Gasteiger partial charge >= 0.3 is 0 Å². The number of nitrogens with zero attached hydrogens (tertiary/aromatic N) is 2. The maximum atomic E-state index is 6.16. The van der Waals surface area contributed by atoms with Crippen molar-refractivity contribution in [2.24, 2.45) is 5.73 Å². The second-order valence-electron chi connectivity index (χ2n) is 5.94. The summed E-state index contributed by atoms with van der Waals surface area (Å²) in [7, 11) is 0. The van der Waals surface area contributed by atoms with Gasteiger partial charge in [-0.05, 0) is 43.7 Å². The molecule has 0 aliphatic heterocycles. The molecule has 1 heterocycles. The van der Waals surface area contributed by atoms with E-state index in [1.807, 2.05) is 13.8 Å². The molecule has 0 amide bonds. The SMILES string of the molecule is CCC(C)(N)c1nc(C2CCc3ccccc3C2)no1. The van der Waals surface area contributed by atoms with Gasteiger partial charge in [0.15, 0.2) is 5.82 Å². The monoisotopic (exact) mass is 271 g/mol. The van der Waals surface area contributed by atoms with E-state index in [4.69, 9.17) is 10.3 Å². The third-order valence-electron chi connectivity index (χ3n) is 4.38. The fourth-order valence-corrected chi connectivity index (χ4v) is 2.70. The molecule has 4 heteroatoms. The second kappa shape index (κ2) is 5.02. The van der Waals surface area contributed by atoms with E-state index >= 15 is 0 Å². The number of nitrogens with two attached hydrogens (primary N) is 1. The smallest absolute Gasteiger partial charge is 0.246 e. The molecule has 3 rings (SSSR count). The number of benzene rings is 1. The lowest BCUT2D eigenvalue weighted by atomic mass is 9.83. The first kappa shape index (κ1) is 13.3. The minimum atomic E-state index is -0.530. The fraction of sp³-hybridized carbons (Fsp3) is 0.500. The molecule has 2 atom stereocenters. The molecule has 0 radical (unpaired) electrons. The van der Waals surface area contributed by atoms with Crippen molar-refractivity contribution >= 4 is 0 Å². The number of aryl methyl sites for hydroxylation is 1. The molecule has 2 N–H and O–H groups in total. The van der Waals surface area contributed by atoms with Crippen LogP contribution in [-0.4, -0.2) is 10.1 Å². The second-order valence-corrected chi connectivity index (χ2v) is 5.94. The summed E-state index contributed by atoms with van der Waals surface area (Å²) in [6, 6.07) is 8.60. The Labute approximate surface area is 119 Å². The van der Waals surface area contributed by atoms with Crippen LogP contribution in [0.2, 0.25) is 0 Å². The summed E-state index contributed by atoms with van der Waals surface area (Å²) in [6.45, 7) is 3.96. The van der Waals surface area contributed by atoms with Gasteiger partial charge in [-0.2, -0.15) is 4.98 Å². The Morgan fingerprint density at radius 2 is 2.10 bits per heavy atom. The summed E-state index contributed by atoms with van der Waals surface area (Å²) in [6.07, 6.45) is 3.92. The molecule has 2 aromatic rings. The third kappa shape index (κ3) is 2.36. The van der Waals surface area contributed by atoms with E-state index in [1.54, 1.807) is 0 Å². The van der Waals surface area contributed by atoms with Crippen LogP contribution in [0.15, 0.2) is 28.8 Å². The minimum Gasteiger partial charge on any atom is -0.337 e. The van der Waals surface area contributed by atoms with Gasteiger partial charge < -0.3 is 10.3 Å². The van der Waals surface area contributed by atoms with Gasteiger partial charge in [-0.3, -0.25) is 0 Å². The molecule has 1 aromatic heterocycles. The summed E-state index contributed by atoms with van der Waals surface area (Å²) < 4.78 is 5.38. The van der Waals surface area contributed by atoms with E-state index in [9.17, 15) is 0 Å². The van der Waals surface area contributed by atoms with Gasteiger partial charge in [-0.1, -0.05) is 36.3 Å². The molecule has 106 valence electrons.